The van der Waals surface area contributed by atoms with Crippen molar-refractivity contribution in [2.75, 3.05) is 14.2 Å². The van der Waals surface area contributed by atoms with E-state index in [1.54, 1.807) is 95.7 Å². The fourth-order valence-electron chi connectivity index (χ4n) is 13.1. The molecule has 0 aliphatic rings. The number of benzene rings is 10. The molecule has 0 amide bonds. The third kappa shape index (κ3) is 18.0. The average Bonchev–Trinajstić information content (AvgIpc) is 1.64. The highest BCUT2D eigenvalue weighted by atomic mass is 32.1. The van der Waals surface area contributed by atoms with Crippen molar-refractivity contribution in [3.05, 3.63) is 292 Å². The van der Waals surface area contributed by atoms with E-state index in [0.717, 1.165) is 122 Å². The van der Waals surface area contributed by atoms with Gasteiger partial charge in [0.2, 0.25) is 55.1 Å². The highest BCUT2D eigenvalue weighted by molar-refractivity contribution is 7.13. The number of nitrogens with zero attached hydrogens (tertiary/aromatic N) is 16. The number of fused-ring (bicyclic) bond motifs is 5. The molecule has 0 radical (unpaired) electrons. The zero-order valence-electron chi connectivity index (χ0n) is 65.2. The largest absolute Gasteiger partial charge is 0.497 e. The number of carbonyl (C=O) groups is 6. The van der Waals surface area contributed by atoms with Crippen LogP contribution in [0.4, 0.5) is 10.1 Å². The van der Waals surface area contributed by atoms with Crippen LogP contribution in [-0.4, -0.2) is 126 Å². The Hall–Kier alpha value is -16.3. The van der Waals surface area contributed by atoms with Crippen LogP contribution in [-0.2, 0) is 24.0 Å². The van der Waals surface area contributed by atoms with Gasteiger partial charge in [0, 0.05) is 54.7 Å². The first-order chi connectivity index (χ1) is 61.3. The number of ketones is 1. The molecule has 125 heavy (non-hydrogen) atoms. The van der Waals surface area contributed by atoms with Crippen molar-refractivity contribution in [2.24, 2.45) is 0 Å². The summed E-state index contributed by atoms with van der Waals surface area (Å²) in [5.74, 6) is 2.48. The van der Waals surface area contributed by atoms with E-state index in [0.29, 0.717) is 69.3 Å². The molecule has 0 saturated heterocycles. The molecule has 0 bridgehead atoms. The Morgan fingerprint density at radius 1 is 0.336 bits per heavy atom. The Morgan fingerprint density at radius 2 is 0.608 bits per heavy atom. The van der Waals surface area contributed by atoms with Crippen LogP contribution >= 0.6 is 56.7 Å². The molecule has 0 unspecified atom stereocenters. The molecule has 0 N–H and O–H groups in total. The van der Waals surface area contributed by atoms with E-state index in [1.807, 2.05) is 206 Å². The number of carbonyl (C=O) groups excluding carboxylic acids is 6. The van der Waals surface area contributed by atoms with Crippen molar-refractivity contribution < 1.29 is 66.3 Å². The van der Waals surface area contributed by atoms with Gasteiger partial charge in [0.05, 0.1) is 81.0 Å². The van der Waals surface area contributed by atoms with Gasteiger partial charge < -0.3 is 33.2 Å². The van der Waals surface area contributed by atoms with Crippen LogP contribution in [0.3, 0.4) is 0 Å². The fraction of sp³-hybridized carbons (Fsp3) is 0.0333. The van der Waals surface area contributed by atoms with Crippen molar-refractivity contribution >= 4 is 155 Å². The first kappa shape index (κ1) is 82.4. The van der Waals surface area contributed by atoms with Gasteiger partial charge in [0.25, 0.3) is 32.4 Å². The molecule has 10 heterocycles. The Kier molecular flexibility index (Phi) is 25.1. The second-order valence-corrected chi connectivity index (χ2v) is 30.3. The van der Waals surface area contributed by atoms with Gasteiger partial charge in [-0.2, -0.15) is 50.4 Å². The van der Waals surface area contributed by atoms with Crippen molar-refractivity contribution in [2.45, 2.75) is 6.92 Å². The van der Waals surface area contributed by atoms with E-state index in [4.69, 9.17) is 60.1 Å². The summed E-state index contributed by atoms with van der Waals surface area (Å²) in [4.78, 5) is 89.0. The summed E-state index contributed by atoms with van der Waals surface area (Å²) >= 11 is 6.68. The lowest BCUT2D eigenvalue weighted by molar-refractivity contribution is -0.121. The highest BCUT2D eigenvalue weighted by Crippen LogP contribution is 2.40. The number of methoxy groups -OCH3 is 2. The van der Waals surface area contributed by atoms with Gasteiger partial charge in [-0.25, -0.2) is 32.6 Å². The molecule has 614 valence electrons. The van der Waals surface area contributed by atoms with E-state index in [9.17, 15) is 33.2 Å². The van der Waals surface area contributed by atoms with Crippen LogP contribution in [0.15, 0.2) is 270 Å². The zero-order chi connectivity index (χ0) is 86.3. The first-order valence-corrected chi connectivity index (χ1v) is 41.6. The third-order valence-corrected chi connectivity index (χ3v) is 22.6. The molecule has 0 aliphatic heterocycles. The lowest BCUT2D eigenvalue weighted by Crippen LogP contribution is -1.97. The maximum Gasteiger partial charge on any atom is 0.299 e. The standard InChI is InChI=1S/C19H13N3O3S.C18H10N4O2S.2C18H13N3O3S.C17H10FN3O2S/c1-12(24)13-5-4-6-14(9-13)18-15-7-2-3-8-16(15)22(21-18)19-20-17(10-26-19)25-11-23;1-19-13-6-4-5-12(9-13)17-14-7-2-3-8-15(14)22(21-17)18-20-16(10-25-18)24-11-23;2*1-23-13-6-4-5-12(9-13)17-14-7-2-3-8-15(14)21(20-17)18-19-16(10-25-18)24-11-22;18-12-7-5-11(6-8-12)16-13-3-1-2-4-14(13)21(20-16)17-19-15(9-24-17)23-10-22/h2-11H,1H3;2-11H;2*2-11H,1H3;1-10H. The molecular weight excluding hydrogens is 1690 g/mol. The summed E-state index contributed by atoms with van der Waals surface area (Å²) in [6.07, 6.45) is 0. The molecule has 0 fully saturated rings. The number of ether oxygens (including phenoxy) is 7. The Balaban J connectivity index is 0.000000115. The van der Waals surface area contributed by atoms with Crippen LogP contribution < -0.4 is 33.2 Å². The predicted molar refractivity (Wildman–Crippen MR) is 474 cm³/mol. The van der Waals surface area contributed by atoms with Gasteiger partial charge in [-0.15, -0.1) is 0 Å². The van der Waals surface area contributed by atoms with E-state index in [-0.39, 0.29) is 41.0 Å². The lowest BCUT2D eigenvalue weighted by Gasteiger charge is -2.02. The molecule has 10 aromatic heterocycles. The van der Waals surface area contributed by atoms with Crippen LogP contribution in [0.5, 0.6) is 40.9 Å². The lowest BCUT2D eigenvalue weighted by atomic mass is 10.0. The summed E-state index contributed by atoms with van der Waals surface area (Å²) in [5, 5.41) is 39.7. The number of rotatable bonds is 23. The van der Waals surface area contributed by atoms with E-state index in [2.05, 4.69) is 34.9 Å². The van der Waals surface area contributed by atoms with Crippen molar-refractivity contribution in [1.29, 1.82) is 0 Å². The van der Waals surface area contributed by atoms with Gasteiger partial charge in [-0.3, -0.25) is 28.8 Å². The molecule has 10 aromatic carbocycles. The van der Waals surface area contributed by atoms with Crippen molar-refractivity contribution in [1.82, 2.24) is 73.8 Å². The van der Waals surface area contributed by atoms with Crippen molar-refractivity contribution in [3.63, 3.8) is 0 Å². The monoisotopic (exact) mass is 1750 g/mol. The number of Topliss-reactive ketones (excluding diaryl/α,β-unsaturated/α-hetero) is 1. The van der Waals surface area contributed by atoms with Crippen molar-refractivity contribution in [3.8, 4) is 123 Å². The first-order valence-electron chi connectivity index (χ1n) is 37.2. The molecule has 0 atom stereocenters. The van der Waals surface area contributed by atoms with Gasteiger partial charge >= 0.3 is 0 Å². The molecule has 35 heteroatoms. The molecule has 29 nitrogen and oxygen atoms in total. The quantitative estimate of drug-likeness (QED) is 0.0326. The minimum atomic E-state index is -0.293. The van der Waals surface area contributed by atoms with Gasteiger partial charge in [0.1, 0.15) is 40.1 Å². The van der Waals surface area contributed by atoms with E-state index >= 15 is 0 Å². The number of halogens is 1. The molecule has 0 spiro atoms. The summed E-state index contributed by atoms with van der Waals surface area (Å²) in [6.45, 7) is 10.5. The average molecular weight is 1750 g/mol. The van der Waals surface area contributed by atoms with E-state index in [1.165, 1.54) is 68.8 Å². The molecule has 20 aromatic rings. The van der Waals surface area contributed by atoms with Gasteiger partial charge in [0.15, 0.2) is 11.5 Å². The second-order valence-electron chi connectivity index (χ2n) is 26.1. The van der Waals surface area contributed by atoms with Crippen LogP contribution in [0, 0.1) is 12.4 Å². The topological polar surface area (TPSA) is 325 Å². The van der Waals surface area contributed by atoms with Gasteiger partial charge in [-0.05, 0) is 103 Å². The maximum absolute atomic E-state index is 13.2. The Bertz CT molecular complexity index is 7230. The van der Waals surface area contributed by atoms with Crippen LogP contribution in [0.1, 0.15) is 17.3 Å². The molecule has 20 rings (SSSR count). The number of thiazole rings is 5. The van der Waals surface area contributed by atoms with E-state index < -0.39 is 0 Å². The minimum Gasteiger partial charge on any atom is -0.497 e. The smallest absolute Gasteiger partial charge is 0.299 e. The van der Waals surface area contributed by atoms with Crippen LogP contribution in [0.25, 0.3) is 141 Å². The maximum atomic E-state index is 13.2. The molecule has 0 saturated carbocycles. The Morgan fingerprint density at radius 3 is 0.896 bits per heavy atom. The predicted octanol–water partition coefficient (Wildman–Crippen LogP) is 19.3. The Labute approximate surface area is 726 Å². The summed E-state index contributed by atoms with van der Waals surface area (Å²) < 4.78 is 56.4. The second kappa shape index (κ2) is 38.0. The number of hydrogen-bond acceptors (Lipinski definition) is 28. The third-order valence-electron chi connectivity index (χ3n) is 18.6. The summed E-state index contributed by atoms with van der Waals surface area (Å²) in [5.41, 5.74) is 14.1. The fourth-order valence-corrected chi connectivity index (χ4v) is 16.6. The summed E-state index contributed by atoms with van der Waals surface area (Å²) in [6, 6.07) is 75.6. The minimum absolute atomic E-state index is 0.00571. The number of hydrogen-bond donors (Lipinski definition) is 0. The number of aromatic nitrogens is 15. The number of para-hydroxylation sites is 5. The summed E-state index contributed by atoms with van der Waals surface area (Å²) in [7, 11) is 3.28. The molecule has 0 aliphatic carbocycles. The highest BCUT2D eigenvalue weighted by Gasteiger charge is 2.23. The normalized spacial score (nSPS) is 10.7. The van der Waals surface area contributed by atoms with Crippen LogP contribution in [0.2, 0.25) is 0 Å². The SMILES string of the molecule is CC(=O)c1cccc(-c2nn(-c3nc(OC=O)cs3)c3ccccc23)c1.COc1cccc(-c2nn(-c3nc(OC=O)cs3)c3ccccc23)c1.COc1cccc(-c2nn(-c3nc(OC=O)cs3)c3ccccc23)c1.O=COc1csc(-n2nc(-c3ccc(F)cc3)c3ccccc32)n1.[C-]#[N+]c1cccc(-c2nn(-c3nc(OC=O)cs3)c3ccccc23)c1. The molecular formula is C90H59FN16O13S5. The van der Waals surface area contributed by atoms with Gasteiger partial charge in [-0.1, -0.05) is 208 Å². The zero-order valence-corrected chi connectivity index (χ0v) is 69.3.